The summed E-state index contributed by atoms with van der Waals surface area (Å²) in [6.45, 7) is 6.75. The van der Waals surface area contributed by atoms with Gasteiger partial charge in [0.15, 0.2) is 0 Å². The summed E-state index contributed by atoms with van der Waals surface area (Å²) in [6.07, 6.45) is 12.6. The Labute approximate surface area is 141 Å². The molecule has 2 fully saturated rings. The Balaban J connectivity index is 1.97. The molecule has 2 saturated carbocycles. The average molecular weight is 310 g/mol. The Bertz CT molecular complexity index is 597. The largest absolute Gasteiger partial charge is 0.299 e. The van der Waals surface area contributed by atoms with E-state index in [4.69, 9.17) is 0 Å². The Kier molecular flexibility index (Phi) is 4.81. The lowest BCUT2D eigenvalue weighted by atomic mass is 9.56. The van der Waals surface area contributed by atoms with Crippen LogP contribution in [0, 0.1) is 35.0 Å². The van der Waals surface area contributed by atoms with Gasteiger partial charge >= 0.3 is 0 Å². The molecule has 3 aliphatic rings. The maximum absolute atomic E-state index is 11.0. The molecular weight excluding hydrogens is 280 g/mol. The first-order chi connectivity index (χ1) is 11.2. The lowest BCUT2D eigenvalue weighted by Crippen LogP contribution is -2.39. The van der Waals surface area contributed by atoms with E-state index in [0.29, 0.717) is 11.3 Å². The molecule has 23 heavy (non-hydrogen) atoms. The number of aldehydes is 1. The summed E-state index contributed by atoms with van der Waals surface area (Å²) in [7, 11) is 0. The van der Waals surface area contributed by atoms with Crippen molar-refractivity contribution in [1.29, 1.82) is 0 Å². The monoisotopic (exact) mass is 310 g/mol. The SMILES string of the molecule is CC#C[C@@H]1CC[C@H]2C3CC/C(=C/C=O)C(CCC)=C3CCC12C. The van der Waals surface area contributed by atoms with E-state index in [1.54, 1.807) is 11.1 Å². The minimum atomic E-state index is 0.417. The molecule has 0 aromatic rings. The molecule has 0 aliphatic heterocycles. The van der Waals surface area contributed by atoms with Crippen LogP contribution in [-0.2, 0) is 4.79 Å². The molecule has 124 valence electrons. The molecule has 0 bridgehead atoms. The van der Waals surface area contributed by atoms with Crippen molar-refractivity contribution >= 4 is 6.29 Å². The zero-order valence-electron chi connectivity index (χ0n) is 15.0. The third-order valence-corrected chi connectivity index (χ3v) is 6.86. The number of carbonyl (C=O) groups is 1. The Morgan fingerprint density at radius 1 is 1.26 bits per heavy atom. The van der Waals surface area contributed by atoms with Crippen LogP contribution in [0.15, 0.2) is 22.8 Å². The third-order valence-electron chi connectivity index (χ3n) is 6.86. The molecular formula is C22H30O. The van der Waals surface area contributed by atoms with Crippen LogP contribution in [0.25, 0.3) is 0 Å². The molecule has 0 amide bonds. The molecule has 3 aliphatic carbocycles. The van der Waals surface area contributed by atoms with Gasteiger partial charge in [0.25, 0.3) is 0 Å². The van der Waals surface area contributed by atoms with E-state index in [2.05, 4.69) is 25.7 Å². The smallest absolute Gasteiger partial charge is 0.143 e. The van der Waals surface area contributed by atoms with E-state index < -0.39 is 0 Å². The van der Waals surface area contributed by atoms with Gasteiger partial charge in [-0.2, -0.15) is 0 Å². The number of rotatable bonds is 3. The molecule has 2 unspecified atom stereocenters. The molecule has 0 spiro atoms. The van der Waals surface area contributed by atoms with Crippen molar-refractivity contribution in [3.63, 3.8) is 0 Å². The van der Waals surface area contributed by atoms with Crippen molar-refractivity contribution in [1.82, 2.24) is 0 Å². The zero-order valence-corrected chi connectivity index (χ0v) is 15.0. The van der Waals surface area contributed by atoms with Crippen molar-refractivity contribution in [2.24, 2.45) is 23.2 Å². The first kappa shape index (κ1) is 16.6. The van der Waals surface area contributed by atoms with Crippen LogP contribution >= 0.6 is 0 Å². The van der Waals surface area contributed by atoms with Crippen LogP contribution in [0.2, 0.25) is 0 Å². The first-order valence-corrected chi connectivity index (χ1v) is 9.44. The number of hydrogen-bond donors (Lipinski definition) is 0. The van der Waals surface area contributed by atoms with E-state index >= 15 is 0 Å². The van der Waals surface area contributed by atoms with Crippen molar-refractivity contribution in [3.8, 4) is 11.8 Å². The lowest BCUT2D eigenvalue weighted by Gasteiger charge is -2.48. The van der Waals surface area contributed by atoms with Gasteiger partial charge in [0.2, 0.25) is 0 Å². The van der Waals surface area contributed by atoms with Gasteiger partial charge in [0.05, 0.1) is 0 Å². The molecule has 0 aromatic carbocycles. The average Bonchev–Trinajstić information content (AvgIpc) is 2.87. The van der Waals surface area contributed by atoms with E-state index in [1.807, 2.05) is 13.0 Å². The summed E-state index contributed by atoms with van der Waals surface area (Å²) in [5, 5.41) is 0. The van der Waals surface area contributed by atoms with Crippen LogP contribution in [0.1, 0.15) is 72.1 Å². The highest BCUT2D eigenvalue weighted by Crippen LogP contribution is 2.61. The number of allylic oxidation sites excluding steroid dienone is 4. The van der Waals surface area contributed by atoms with Crippen LogP contribution < -0.4 is 0 Å². The fourth-order valence-corrected chi connectivity index (χ4v) is 5.78. The molecule has 0 aromatic heterocycles. The number of fused-ring (bicyclic) bond motifs is 3. The molecule has 1 nitrogen and oxygen atoms in total. The van der Waals surface area contributed by atoms with Crippen LogP contribution in [0.5, 0.6) is 0 Å². The predicted octanol–water partition coefficient (Wildman–Crippen LogP) is 5.47. The van der Waals surface area contributed by atoms with E-state index in [-0.39, 0.29) is 0 Å². The maximum atomic E-state index is 11.0. The van der Waals surface area contributed by atoms with Gasteiger partial charge in [-0.25, -0.2) is 0 Å². The van der Waals surface area contributed by atoms with Crippen molar-refractivity contribution in [2.75, 3.05) is 0 Å². The van der Waals surface area contributed by atoms with Gasteiger partial charge < -0.3 is 0 Å². The standard InChI is InChI=1S/C22H30O/c1-4-6-17-9-11-21-20-10-8-16(13-15-23)18(7-5-2)19(20)12-14-22(17,21)3/h13,15,17,20-21H,5,7-12,14H2,1-3H3/b16-13-/t17-,20?,21+,22?/m1/s1. The normalized spacial score (nSPS) is 37.9. The van der Waals surface area contributed by atoms with Crippen LogP contribution in [0.3, 0.4) is 0 Å². The van der Waals surface area contributed by atoms with E-state index in [1.165, 1.54) is 44.1 Å². The molecule has 0 N–H and O–H groups in total. The third kappa shape index (κ3) is 2.71. The van der Waals surface area contributed by atoms with Crippen molar-refractivity contribution in [3.05, 3.63) is 22.8 Å². The van der Waals surface area contributed by atoms with Gasteiger partial charge in [-0.05, 0) is 86.3 Å². The van der Waals surface area contributed by atoms with Crippen molar-refractivity contribution < 1.29 is 4.79 Å². The number of hydrogen-bond acceptors (Lipinski definition) is 1. The lowest BCUT2D eigenvalue weighted by molar-refractivity contribution is -0.104. The molecule has 3 rings (SSSR count). The minimum Gasteiger partial charge on any atom is -0.299 e. The summed E-state index contributed by atoms with van der Waals surface area (Å²) >= 11 is 0. The zero-order chi connectivity index (χ0) is 16.4. The second kappa shape index (κ2) is 6.68. The highest BCUT2D eigenvalue weighted by molar-refractivity contribution is 5.68. The first-order valence-electron chi connectivity index (χ1n) is 9.44. The maximum Gasteiger partial charge on any atom is 0.143 e. The summed E-state index contributed by atoms with van der Waals surface area (Å²) < 4.78 is 0. The Morgan fingerprint density at radius 3 is 2.78 bits per heavy atom. The minimum absolute atomic E-state index is 0.417. The fraction of sp³-hybridized carbons (Fsp3) is 0.682. The van der Waals surface area contributed by atoms with E-state index in [9.17, 15) is 4.79 Å². The Morgan fingerprint density at radius 2 is 2.09 bits per heavy atom. The van der Waals surface area contributed by atoms with E-state index in [0.717, 1.165) is 31.0 Å². The van der Waals surface area contributed by atoms with Gasteiger partial charge in [-0.1, -0.05) is 31.8 Å². The molecule has 4 atom stereocenters. The summed E-state index contributed by atoms with van der Waals surface area (Å²) in [5.74, 6) is 8.86. The quantitative estimate of drug-likeness (QED) is 0.384. The topological polar surface area (TPSA) is 17.1 Å². The van der Waals surface area contributed by atoms with Crippen molar-refractivity contribution in [2.45, 2.75) is 72.1 Å². The predicted molar refractivity (Wildman–Crippen MR) is 95.8 cm³/mol. The molecule has 0 saturated heterocycles. The summed E-state index contributed by atoms with van der Waals surface area (Å²) in [4.78, 5) is 11.0. The second-order valence-corrected chi connectivity index (χ2v) is 7.86. The van der Waals surface area contributed by atoms with Gasteiger partial charge in [0, 0.05) is 5.92 Å². The number of carbonyl (C=O) groups excluding carboxylic acids is 1. The van der Waals surface area contributed by atoms with Gasteiger partial charge in [-0.15, -0.1) is 5.92 Å². The highest BCUT2D eigenvalue weighted by Gasteiger charge is 2.52. The summed E-state index contributed by atoms with van der Waals surface area (Å²) in [6, 6.07) is 0. The fourth-order valence-electron chi connectivity index (χ4n) is 5.78. The van der Waals surface area contributed by atoms with Gasteiger partial charge in [-0.3, -0.25) is 4.79 Å². The molecule has 1 heteroatoms. The second-order valence-electron chi connectivity index (χ2n) is 7.86. The highest BCUT2D eigenvalue weighted by atomic mass is 16.1. The van der Waals surface area contributed by atoms with Gasteiger partial charge in [0.1, 0.15) is 6.29 Å². The van der Waals surface area contributed by atoms with Crippen LogP contribution in [-0.4, -0.2) is 6.29 Å². The Hall–Kier alpha value is -1.29. The summed E-state index contributed by atoms with van der Waals surface area (Å²) in [5.41, 5.74) is 5.00. The molecule has 0 heterocycles. The van der Waals surface area contributed by atoms with Crippen LogP contribution in [0.4, 0.5) is 0 Å². The molecule has 0 radical (unpaired) electrons.